The number of benzene rings is 2. The average Bonchev–Trinajstić information content (AvgIpc) is 2.45. The van der Waals surface area contributed by atoms with E-state index in [1.165, 1.54) is 6.07 Å². The molecule has 0 spiro atoms. The van der Waals surface area contributed by atoms with Gasteiger partial charge in [-0.2, -0.15) is 8.42 Å². The van der Waals surface area contributed by atoms with E-state index in [1.807, 2.05) is 12.1 Å². The van der Waals surface area contributed by atoms with E-state index < -0.39 is 10.1 Å². The SMILES string of the molecule is NCCNCCNc1ccc(S(=O)(=O)O)c2ccccc12. The maximum absolute atomic E-state index is 11.4. The highest BCUT2D eigenvalue weighted by atomic mass is 32.2. The van der Waals surface area contributed by atoms with Crippen LogP contribution in [0.4, 0.5) is 5.69 Å². The number of rotatable bonds is 7. The second-order valence-electron chi connectivity index (χ2n) is 4.60. The highest BCUT2D eigenvalue weighted by molar-refractivity contribution is 7.86. The molecule has 0 unspecified atom stereocenters. The van der Waals surface area contributed by atoms with E-state index in [-0.39, 0.29) is 4.90 Å². The molecule has 0 saturated heterocycles. The summed E-state index contributed by atoms with van der Waals surface area (Å²) in [5, 5.41) is 7.67. The van der Waals surface area contributed by atoms with Crippen molar-refractivity contribution in [3.8, 4) is 0 Å². The van der Waals surface area contributed by atoms with Gasteiger partial charge in [-0.05, 0) is 12.1 Å². The van der Waals surface area contributed by atoms with E-state index in [1.54, 1.807) is 18.2 Å². The standard InChI is InChI=1S/C14H19N3O3S/c15-7-8-16-9-10-17-13-5-6-14(21(18,19)20)12-4-2-1-3-11(12)13/h1-6,16-17H,7-10,15H2,(H,18,19,20). The molecule has 0 fully saturated rings. The van der Waals surface area contributed by atoms with Crippen LogP contribution in [0.1, 0.15) is 0 Å². The van der Waals surface area contributed by atoms with Crippen LogP contribution in [0.3, 0.4) is 0 Å². The molecule has 21 heavy (non-hydrogen) atoms. The Morgan fingerprint density at radius 3 is 2.38 bits per heavy atom. The first-order chi connectivity index (χ1) is 10.0. The van der Waals surface area contributed by atoms with Crippen molar-refractivity contribution in [2.75, 3.05) is 31.5 Å². The number of nitrogens with two attached hydrogens (primary N) is 1. The second kappa shape index (κ2) is 6.86. The molecule has 0 aliphatic heterocycles. The van der Waals surface area contributed by atoms with Gasteiger partial charge in [0.05, 0.1) is 0 Å². The minimum atomic E-state index is -4.23. The molecule has 0 amide bonds. The molecule has 114 valence electrons. The van der Waals surface area contributed by atoms with Crippen molar-refractivity contribution >= 4 is 26.6 Å². The van der Waals surface area contributed by atoms with Crippen molar-refractivity contribution in [2.45, 2.75) is 4.90 Å². The third-order valence-electron chi connectivity index (χ3n) is 3.10. The molecule has 2 aromatic carbocycles. The lowest BCUT2D eigenvalue weighted by Gasteiger charge is -2.12. The van der Waals surface area contributed by atoms with Crippen molar-refractivity contribution in [1.82, 2.24) is 5.32 Å². The maximum Gasteiger partial charge on any atom is 0.295 e. The summed E-state index contributed by atoms with van der Waals surface area (Å²) in [6.45, 7) is 2.79. The predicted octanol–water partition coefficient (Wildman–Crippen LogP) is 1.05. The first-order valence-corrected chi connectivity index (χ1v) is 8.12. The summed E-state index contributed by atoms with van der Waals surface area (Å²) in [5.41, 5.74) is 6.22. The minimum Gasteiger partial charge on any atom is -0.383 e. The largest absolute Gasteiger partial charge is 0.383 e. The number of hydrogen-bond donors (Lipinski definition) is 4. The molecule has 0 atom stereocenters. The Morgan fingerprint density at radius 2 is 1.71 bits per heavy atom. The summed E-state index contributed by atoms with van der Waals surface area (Å²) in [6.07, 6.45) is 0. The van der Waals surface area contributed by atoms with Crippen LogP contribution >= 0.6 is 0 Å². The molecular weight excluding hydrogens is 290 g/mol. The molecule has 6 nitrogen and oxygen atoms in total. The van der Waals surface area contributed by atoms with Gasteiger partial charge in [-0.25, -0.2) is 0 Å². The summed E-state index contributed by atoms with van der Waals surface area (Å²) in [6, 6.07) is 10.1. The quantitative estimate of drug-likeness (QED) is 0.450. The summed E-state index contributed by atoms with van der Waals surface area (Å²) in [5.74, 6) is 0. The van der Waals surface area contributed by atoms with Crippen LogP contribution in [0.5, 0.6) is 0 Å². The van der Waals surface area contributed by atoms with E-state index in [4.69, 9.17) is 5.73 Å². The Hall–Kier alpha value is -1.67. The topological polar surface area (TPSA) is 104 Å². The van der Waals surface area contributed by atoms with E-state index in [2.05, 4.69) is 10.6 Å². The smallest absolute Gasteiger partial charge is 0.295 e. The fourth-order valence-corrected chi connectivity index (χ4v) is 2.86. The first kappa shape index (κ1) is 15.7. The van der Waals surface area contributed by atoms with Crippen molar-refractivity contribution in [3.63, 3.8) is 0 Å². The zero-order valence-electron chi connectivity index (χ0n) is 11.5. The van der Waals surface area contributed by atoms with Crippen LogP contribution in [0.25, 0.3) is 10.8 Å². The summed E-state index contributed by atoms with van der Waals surface area (Å²) in [4.78, 5) is -0.0788. The fourth-order valence-electron chi connectivity index (χ4n) is 2.16. The number of hydrogen-bond acceptors (Lipinski definition) is 5. The van der Waals surface area contributed by atoms with E-state index in [0.29, 0.717) is 18.5 Å². The number of nitrogens with one attached hydrogen (secondary N) is 2. The van der Waals surface area contributed by atoms with Gasteiger partial charge in [0.25, 0.3) is 10.1 Å². The molecule has 2 aromatic rings. The van der Waals surface area contributed by atoms with Crippen molar-refractivity contribution < 1.29 is 13.0 Å². The third kappa shape index (κ3) is 3.92. The Bertz CT molecular complexity index is 716. The highest BCUT2D eigenvalue weighted by Gasteiger charge is 2.15. The van der Waals surface area contributed by atoms with Crippen molar-refractivity contribution in [3.05, 3.63) is 36.4 Å². The Morgan fingerprint density at radius 1 is 1.00 bits per heavy atom. The molecule has 7 heteroatoms. The van der Waals surface area contributed by atoms with Crippen molar-refractivity contribution in [2.24, 2.45) is 5.73 Å². The average molecular weight is 309 g/mol. The molecule has 0 aliphatic rings. The van der Waals surface area contributed by atoms with Crippen molar-refractivity contribution in [1.29, 1.82) is 0 Å². The lowest BCUT2D eigenvalue weighted by Crippen LogP contribution is -2.27. The minimum absolute atomic E-state index is 0.0788. The van der Waals surface area contributed by atoms with Crippen LogP contribution in [0.15, 0.2) is 41.3 Å². The molecule has 0 heterocycles. The zero-order valence-corrected chi connectivity index (χ0v) is 12.4. The van der Waals surface area contributed by atoms with Gasteiger partial charge < -0.3 is 16.4 Å². The van der Waals surface area contributed by atoms with Gasteiger partial charge in [0.2, 0.25) is 0 Å². The molecule has 0 saturated carbocycles. The molecule has 0 aromatic heterocycles. The van der Waals surface area contributed by atoms with Gasteiger partial charge in [0.1, 0.15) is 4.90 Å². The molecule has 0 bridgehead atoms. The van der Waals surface area contributed by atoms with Crippen LogP contribution in [-0.2, 0) is 10.1 Å². The molecule has 0 radical (unpaired) electrons. The van der Waals surface area contributed by atoms with E-state index in [0.717, 1.165) is 24.2 Å². The second-order valence-corrected chi connectivity index (χ2v) is 5.99. The van der Waals surface area contributed by atoms with Gasteiger partial charge in [-0.1, -0.05) is 24.3 Å². The fraction of sp³-hybridized carbons (Fsp3) is 0.286. The van der Waals surface area contributed by atoms with Gasteiger partial charge in [0, 0.05) is 42.6 Å². The van der Waals surface area contributed by atoms with Gasteiger partial charge in [-0.3, -0.25) is 4.55 Å². The summed E-state index contributed by atoms with van der Waals surface area (Å²) < 4.78 is 32.1. The predicted molar refractivity (Wildman–Crippen MR) is 84.2 cm³/mol. The summed E-state index contributed by atoms with van der Waals surface area (Å²) in [7, 11) is -4.23. The summed E-state index contributed by atoms with van der Waals surface area (Å²) >= 11 is 0. The number of anilines is 1. The van der Waals surface area contributed by atoms with E-state index >= 15 is 0 Å². The van der Waals surface area contributed by atoms with Crippen LogP contribution in [0.2, 0.25) is 0 Å². The van der Waals surface area contributed by atoms with Gasteiger partial charge in [0.15, 0.2) is 0 Å². The molecule has 2 rings (SSSR count). The van der Waals surface area contributed by atoms with Crippen LogP contribution in [-0.4, -0.2) is 39.1 Å². The molecular formula is C14H19N3O3S. The molecule has 0 aliphatic carbocycles. The lowest BCUT2D eigenvalue weighted by molar-refractivity contribution is 0.484. The third-order valence-corrected chi connectivity index (χ3v) is 4.01. The Kier molecular flexibility index (Phi) is 5.13. The van der Waals surface area contributed by atoms with Crippen LogP contribution < -0.4 is 16.4 Å². The first-order valence-electron chi connectivity index (χ1n) is 6.68. The maximum atomic E-state index is 11.4. The lowest BCUT2D eigenvalue weighted by atomic mass is 10.1. The van der Waals surface area contributed by atoms with Crippen LogP contribution in [0, 0.1) is 0 Å². The highest BCUT2D eigenvalue weighted by Crippen LogP contribution is 2.29. The zero-order chi connectivity index (χ0) is 15.3. The normalized spacial score (nSPS) is 11.7. The number of fused-ring (bicyclic) bond motifs is 1. The Balaban J connectivity index is 2.26. The molecule has 5 N–H and O–H groups in total. The van der Waals surface area contributed by atoms with E-state index in [9.17, 15) is 13.0 Å². The van der Waals surface area contributed by atoms with Gasteiger partial charge >= 0.3 is 0 Å². The monoisotopic (exact) mass is 309 g/mol. The van der Waals surface area contributed by atoms with Gasteiger partial charge in [-0.15, -0.1) is 0 Å². The Labute approximate surface area is 124 Å².